The van der Waals surface area contributed by atoms with Crippen LogP contribution in [-0.2, 0) is 0 Å². The molecular weight excluding hydrogens is 234 g/mol. The largest absolute Gasteiger partial charge is 0.314 e. The first-order valence-electron chi connectivity index (χ1n) is 8.31. The maximum absolute atomic E-state index is 3.68. The number of rotatable bonds is 9. The van der Waals surface area contributed by atoms with E-state index in [0.717, 1.165) is 12.0 Å². The zero-order valence-corrected chi connectivity index (χ0v) is 13.2. The molecule has 1 aliphatic heterocycles. The van der Waals surface area contributed by atoms with Crippen molar-refractivity contribution < 1.29 is 0 Å². The second-order valence-corrected chi connectivity index (χ2v) is 6.92. The molecular formula is C16H33N3. The molecule has 2 rings (SSSR count). The van der Waals surface area contributed by atoms with E-state index in [2.05, 4.69) is 36.0 Å². The fraction of sp³-hybridized carbons (Fsp3) is 1.00. The monoisotopic (exact) mass is 267 g/mol. The second kappa shape index (κ2) is 7.61. The first kappa shape index (κ1) is 15.3. The quantitative estimate of drug-likeness (QED) is 0.646. The Morgan fingerprint density at radius 1 is 1.21 bits per heavy atom. The molecule has 2 aliphatic rings. The van der Waals surface area contributed by atoms with E-state index in [0.29, 0.717) is 6.04 Å². The van der Waals surface area contributed by atoms with Crippen molar-refractivity contribution >= 4 is 0 Å². The van der Waals surface area contributed by atoms with E-state index in [1.807, 2.05) is 0 Å². The van der Waals surface area contributed by atoms with Gasteiger partial charge in [0.2, 0.25) is 0 Å². The molecule has 0 bridgehead atoms. The van der Waals surface area contributed by atoms with Crippen LogP contribution in [0.2, 0.25) is 0 Å². The Hall–Kier alpha value is -0.120. The number of nitrogens with zero attached hydrogens (tertiary/aromatic N) is 2. The lowest BCUT2D eigenvalue weighted by molar-refractivity contribution is 0.254. The highest BCUT2D eigenvalue weighted by atomic mass is 15.2. The van der Waals surface area contributed by atoms with Crippen LogP contribution in [-0.4, -0.2) is 61.7 Å². The van der Waals surface area contributed by atoms with Gasteiger partial charge >= 0.3 is 0 Å². The Morgan fingerprint density at radius 3 is 2.68 bits per heavy atom. The minimum Gasteiger partial charge on any atom is -0.314 e. The molecule has 0 aromatic carbocycles. The lowest BCUT2D eigenvalue weighted by atomic mass is 10.1. The van der Waals surface area contributed by atoms with Crippen LogP contribution in [0.15, 0.2) is 0 Å². The van der Waals surface area contributed by atoms with Crippen LogP contribution < -0.4 is 5.32 Å². The number of hydrogen-bond donors (Lipinski definition) is 1. The van der Waals surface area contributed by atoms with E-state index in [4.69, 9.17) is 0 Å². The van der Waals surface area contributed by atoms with Gasteiger partial charge < -0.3 is 15.1 Å². The molecule has 1 heterocycles. The number of unbranched alkanes of at least 4 members (excludes halogenated alkanes) is 1. The minimum absolute atomic E-state index is 0.685. The van der Waals surface area contributed by atoms with Gasteiger partial charge in [-0.15, -0.1) is 0 Å². The van der Waals surface area contributed by atoms with Crippen LogP contribution in [0.4, 0.5) is 0 Å². The normalized spacial score (nSPS) is 24.8. The van der Waals surface area contributed by atoms with E-state index in [1.165, 1.54) is 64.8 Å². The summed E-state index contributed by atoms with van der Waals surface area (Å²) >= 11 is 0. The molecule has 0 aromatic heterocycles. The Balaban J connectivity index is 1.47. The average Bonchev–Trinajstić information content (AvgIpc) is 3.11. The molecule has 0 radical (unpaired) electrons. The average molecular weight is 267 g/mol. The summed E-state index contributed by atoms with van der Waals surface area (Å²) in [6.45, 7) is 11.0. The van der Waals surface area contributed by atoms with Crippen molar-refractivity contribution in [2.24, 2.45) is 5.92 Å². The maximum Gasteiger partial charge on any atom is 0.00683 e. The molecule has 3 nitrogen and oxygen atoms in total. The summed E-state index contributed by atoms with van der Waals surface area (Å²) in [5.41, 5.74) is 0. The smallest absolute Gasteiger partial charge is 0.00683 e. The molecule has 0 aromatic rings. The fourth-order valence-electron chi connectivity index (χ4n) is 2.86. The zero-order valence-electron chi connectivity index (χ0n) is 13.2. The molecule has 0 spiro atoms. The van der Waals surface area contributed by atoms with Crippen molar-refractivity contribution in [1.29, 1.82) is 0 Å². The second-order valence-electron chi connectivity index (χ2n) is 6.92. The lowest BCUT2D eigenvalue weighted by Gasteiger charge is -2.21. The van der Waals surface area contributed by atoms with E-state index in [1.54, 1.807) is 0 Å². The Bertz CT molecular complexity index is 250. The highest BCUT2D eigenvalue weighted by Gasteiger charge is 2.25. The van der Waals surface area contributed by atoms with Crippen molar-refractivity contribution in [3.63, 3.8) is 0 Å². The van der Waals surface area contributed by atoms with Gasteiger partial charge in [-0.25, -0.2) is 0 Å². The molecule has 112 valence electrons. The van der Waals surface area contributed by atoms with E-state index < -0.39 is 0 Å². The Kier molecular flexibility index (Phi) is 6.11. The van der Waals surface area contributed by atoms with Crippen LogP contribution in [0.3, 0.4) is 0 Å². The predicted molar refractivity (Wildman–Crippen MR) is 82.6 cm³/mol. The van der Waals surface area contributed by atoms with Crippen molar-refractivity contribution in [3.05, 3.63) is 0 Å². The molecule has 1 saturated carbocycles. The van der Waals surface area contributed by atoms with Crippen molar-refractivity contribution in [2.45, 2.75) is 58.0 Å². The predicted octanol–water partition coefficient (Wildman–Crippen LogP) is 2.18. The molecule has 2 fully saturated rings. The van der Waals surface area contributed by atoms with Crippen molar-refractivity contribution in [1.82, 2.24) is 15.1 Å². The molecule has 1 aliphatic carbocycles. The molecule has 3 heteroatoms. The summed E-state index contributed by atoms with van der Waals surface area (Å²) in [5, 5.41) is 3.68. The first-order valence-corrected chi connectivity index (χ1v) is 8.31. The van der Waals surface area contributed by atoms with Crippen LogP contribution in [0.5, 0.6) is 0 Å². The molecule has 1 N–H and O–H groups in total. The third-order valence-corrected chi connectivity index (χ3v) is 4.76. The molecule has 19 heavy (non-hydrogen) atoms. The summed E-state index contributed by atoms with van der Waals surface area (Å²) in [5.74, 6) is 0.916. The van der Waals surface area contributed by atoms with Crippen molar-refractivity contribution in [3.8, 4) is 0 Å². The molecule has 1 atom stereocenters. The van der Waals surface area contributed by atoms with Crippen LogP contribution in [0, 0.1) is 5.92 Å². The summed E-state index contributed by atoms with van der Waals surface area (Å²) < 4.78 is 0. The number of likely N-dealkylation sites (tertiary alicyclic amines) is 1. The van der Waals surface area contributed by atoms with Gasteiger partial charge in [0.05, 0.1) is 0 Å². The first-order chi connectivity index (χ1) is 9.15. The van der Waals surface area contributed by atoms with Gasteiger partial charge in [-0.05, 0) is 85.1 Å². The summed E-state index contributed by atoms with van der Waals surface area (Å²) in [4.78, 5) is 5.13. The zero-order chi connectivity index (χ0) is 13.7. The molecule has 1 saturated heterocycles. The van der Waals surface area contributed by atoms with Gasteiger partial charge in [0.15, 0.2) is 0 Å². The highest BCUT2D eigenvalue weighted by molar-refractivity contribution is 4.84. The minimum atomic E-state index is 0.685. The summed E-state index contributed by atoms with van der Waals surface area (Å²) in [6, 6.07) is 1.56. The van der Waals surface area contributed by atoms with Crippen molar-refractivity contribution in [2.75, 3.05) is 39.8 Å². The maximum atomic E-state index is 3.68. The highest BCUT2D eigenvalue weighted by Crippen LogP contribution is 2.21. The lowest BCUT2D eigenvalue weighted by Crippen LogP contribution is -2.29. The van der Waals surface area contributed by atoms with E-state index in [9.17, 15) is 0 Å². The van der Waals surface area contributed by atoms with Crippen LogP contribution >= 0.6 is 0 Å². The molecule has 0 amide bonds. The van der Waals surface area contributed by atoms with E-state index in [-0.39, 0.29) is 0 Å². The third-order valence-electron chi connectivity index (χ3n) is 4.76. The van der Waals surface area contributed by atoms with Gasteiger partial charge in [0.1, 0.15) is 0 Å². The molecule has 1 unspecified atom stereocenters. The van der Waals surface area contributed by atoms with Gasteiger partial charge in [0.25, 0.3) is 0 Å². The Labute approximate surface area is 119 Å². The number of hydrogen-bond acceptors (Lipinski definition) is 3. The van der Waals surface area contributed by atoms with Gasteiger partial charge in [-0.1, -0.05) is 0 Å². The van der Waals surface area contributed by atoms with Crippen LogP contribution in [0.25, 0.3) is 0 Å². The third kappa shape index (κ3) is 5.80. The Morgan fingerprint density at radius 2 is 2.00 bits per heavy atom. The summed E-state index contributed by atoms with van der Waals surface area (Å²) in [7, 11) is 2.24. The topological polar surface area (TPSA) is 18.5 Å². The van der Waals surface area contributed by atoms with Gasteiger partial charge in [0, 0.05) is 18.6 Å². The standard InChI is InChI=1S/C16H33N3/c1-14(2)18(3)9-4-5-10-19-11-8-15(13-19)12-17-16-6-7-16/h14-17H,4-13H2,1-3H3. The fourth-order valence-corrected chi connectivity index (χ4v) is 2.86. The van der Waals surface area contributed by atoms with Gasteiger partial charge in [-0.2, -0.15) is 0 Å². The number of nitrogens with one attached hydrogen (secondary N) is 1. The van der Waals surface area contributed by atoms with Crippen LogP contribution in [0.1, 0.15) is 46.0 Å². The van der Waals surface area contributed by atoms with E-state index >= 15 is 0 Å². The van der Waals surface area contributed by atoms with Gasteiger partial charge in [-0.3, -0.25) is 0 Å². The summed E-state index contributed by atoms with van der Waals surface area (Å²) in [6.07, 6.45) is 6.95. The SMILES string of the molecule is CC(C)N(C)CCCCN1CCC(CNC2CC2)C1.